The Bertz CT molecular complexity index is 748. The smallest absolute Gasteiger partial charge is 0.165 e. The lowest BCUT2D eigenvalue weighted by molar-refractivity contribution is 0.373. The molecule has 4 heteroatoms. The first kappa shape index (κ1) is 18.5. The maximum atomic E-state index is 10.0. The second-order valence-corrected chi connectivity index (χ2v) is 5.57. The summed E-state index contributed by atoms with van der Waals surface area (Å²) in [4.78, 5) is 0. The number of hydrogen-bond donors (Lipinski definition) is 2. The van der Waals surface area contributed by atoms with Crippen LogP contribution in [0.4, 0.5) is 0 Å². The molecule has 2 aromatic carbocycles. The van der Waals surface area contributed by atoms with Gasteiger partial charge in [-0.2, -0.15) is 0 Å². The van der Waals surface area contributed by atoms with Crippen LogP contribution in [0, 0.1) is 0 Å². The summed E-state index contributed by atoms with van der Waals surface area (Å²) in [7, 11) is 3.08. The van der Waals surface area contributed by atoms with E-state index < -0.39 is 0 Å². The third kappa shape index (κ3) is 5.31. The first-order chi connectivity index (χ1) is 12.2. The van der Waals surface area contributed by atoms with E-state index in [1.54, 1.807) is 25.3 Å². The molecule has 2 rings (SSSR count). The number of hydrogen-bond acceptors (Lipinski definition) is 4. The number of unbranched alkanes of at least 4 members (excludes halogenated alkanes) is 2. The molecule has 4 nitrogen and oxygen atoms in total. The second-order valence-electron chi connectivity index (χ2n) is 5.57. The van der Waals surface area contributed by atoms with E-state index in [9.17, 15) is 10.2 Å². The maximum absolute atomic E-state index is 10.0. The van der Waals surface area contributed by atoms with E-state index in [1.165, 1.54) is 7.11 Å². The zero-order valence-corrected chi connectivity index (χ0v) is 14.6. The fourth-order valence-corrected chi connectivity index (χ4v) is 2.42. The van der Waals surface area contributed by atoms with Crippen molar-refractivity contribution in [3.05, 3.63) is 59.7 Å². The van der Waals surface area contributed by atoms with Crippen LogP contribution in [0.5, 0.6) is 23.0 Å². The predicted octanol–water partition coefficient (Wildman–Crippen LogP) is 5.01. The molecule has 0 spiro atoms. The Balaban J connectivity index is 1.80. The lowest BCUT2D eigenvalue weighted by Crippen LogP contribution is -1.84. The number of allylic oxidation sites excluding steroid dienone is 2. The molecular formula is C21H24O4. The van der Waals surface area contributed by atoms with Gasteiger partial charge in [-0.25, -0.2) is 0 Å². The molecule has 0 aromatic heterocycles. The minimum absolute atomic E-state index is 0.144. The standard InChI is InChI=1S/C21H24O4/c1-24-19-12-8-11-17(21(19)23)10-7-5-3-4-6-9-16-13-14-18(22)20(15-16)25-2/h6-15,22-23H,3-5H2,1-2H3/b9-6+,10-7+. The van der Waals surface area contributed by atoms with Crippen LogP contribution in [0.2, 0.25) is 0 Å². The number of rotatable bonds is 8. The Morgan fingerprint density at radius 2 is 1.60 bits per heavy atom. The van der Waals surface area contributed by atoms with Gasteiger partial charge in [-0.05, 0) is 43.0 Å². The topological polar surface area (TPSA) is 58.9 Å². The highest BCUT2D eigenvalue weighted by Gasteiger charge is 2.03. The van der Waals surface area contributed by atoms with Crippen LogP contribution in [0.3, 0.4) is 0 Å². The molecule has 0 unspecified atom stereocenters. The number of aromatic hydroxyl groups is 2. The first-order valence-corrected chi connectivity index (χ1v) is 8.21. The summed E-state index contributed by atoms with van der Waals surface area (Å²) >= 11 is 0. The summed E-state index contributed by atoms with van der Waals surface area (Å²) in [6.45, 7) is 0. The highest BCUT2D eigenvalue weighted by Crippen LogP contribution is 2.30. The Morgan fingerprint density at radius 3 is 2.32 bits per heavy atom. The van der Waals surface area contributed by atoms with E-state index >= 15 is 0 Å². The van der Waals surface area contributed by atoms with E-state index in [-0.39, 0.29) is 11.5 Å². The van der Waals surface area contributed by atoms with Gasteiger partial charge in [0.1, 0.15) is 0 Å². The molecule has 2 N–H and O–H groups in total. The molecule has 0 saturated heterocycles. The monoisotopic (exact) mass is 340 g/mol. The molecule has 2 aromatic rings. The number of para-hydroxylation sites is 1. The average molecular weight is 340 g/mol. The maximum Gasteiger partial charge on any atom is 0.165 e. The van der Waals surface area contributed by atoms with Gasteiger partial charge in [0.05, 0.1) is 14.2 Å². The molecule has 0 radical (unpaired) electrons. The summed E-state index contributed by atoms with van der Waals surface area (Å²) in [6, 6.07) is 10.7. The summed E-state index contributed by atoms with van der Waals surface area (Å²) in [6.07, 6.45) is 10.9. The molecule has 132 valence electrons. The minimum Gasteiger partial charge on any atom is -0.504 e. The van der Waals surface area contributed by atoms with Crippen molar-refractivity contribution >= 4 is 12.2 Å². The van der Waals surface area contributed by atoms with Gasteiger partial charge < -0.3 is 19.7 Å². The zero-order chi connectivity index (χ0) is 18.1. The van der Waals surface area contributed by atoms with Crippen LogP contribution in [0.1, 0.15) is 30.4 Å². The Kier molecular flexibility index (Phi) is 6.96. The third-order valence-electron chi connectivity index (χ3n) is 3.80. The third-order valence-corrected chi connectivity index (χ3v) is 3.80. The van der Waals surface area contributed by atoms with Crippen molar-refractivity contribution in [1.82, 2.24) is 0 Å². The van der Waals surface area contributed by atoms with Gasteiger partial charge in [-0.1, -0.05) is 42.5 Å². The highest BCUT2D eigenvalue weighted by atomic mass is 16.5. The van der Waals surface area contributed by atoms with Gasteiger partial charge in [0, 0.05) is 5.56 Å². The van der Waals surface area contributed by atoms with E-state index in [1.807, 2.05) is 36.4 Å². The molecule has 0 amide bonds. The summed E-state index contributed by atoms with van der Waals surface area (Å²) in [5, 5.41) is 19.6. The highest BCUT2D eigenvalue weighted by molar-refractivity contribution is 5.61. The fourth-order valence-electron chi connectivity index (χ4n) is 2.42. The van der Waals surface area contributed by atoms with E-state index in [2.05, 4.69) is 6.08 Å². The van der Waals surface area contributed by atoms with Crippen molar-refractivity contribution in [2.45, 2.75) is 19.3 Å². The lowest BCUT2D eigenvalue weighted by atomic mass is 10.1. The normalized spacial score (nSPS) is 11.3. The van der Waals surface area contributed by atoms with Gasteiger partial charge in [-0.3, -0.25) is 0 Å². The van der Waals surface area contributed by atoms with Gasteiger partial charge in [0.15, 0.2) is 23.0 Å². The molecule has 0 aliphatic rings. The Hall–Kier alpha value is -2.88. The molecule has 0 heterocycles. The van der Waals surface area contributed by atoms with Crippen molar-refractivity contribution in [2.75, 3.05) is 14.2 Å². The van der Waals surface area contributed by atoms with Crippen molar-refractivity contribution in [2.24, 2.45) is 0 Å². The first-order valence-electron chi connectivity index (χ1n) is 8.21. The molecule has 0 atom stereocenters. The largest absolute Gasteiger partial charge is 0.504 e. The molecular weight excluding hydrogens is 316 g/mol. The molecule has 0 saturated carbocycles. The number of phenolic OH excluding ortho intramolecular Hbond substituents is 2. The number of methoxy groups -OCH3 is 2. The van der Waals surface area contributed by atoms with Gasteiger partial charge in [-0.15, -0.1) is 0 Å². The number of benzene rings is 2. The predicted molar refractivity (Wildman–Crippen MR) is 101 cm³/mol. The van der Waals surface area contributed by atoms with E-state index in [4.69, 9.17) is 9.47 Å². The lowest BCUT2D eigenvalue weighted by Gasteiger charge is -2.05. The van der Waals surface area contributed by atoms with Crippen molar-refractivity contribution < 1.29 is 19.7 Å². The second kappa shape index (κ2) is 9.42. The summed E-state index contributed by atoms with van der Waals surface area (Å²) in [5.74, 6) is 1.27. The molecule has 0 aliphatic heterocycles. The quantitative estimate of drug-likeness (QED) is 0.663. The minimum atomic E-state index is 0.144. The molecule has 0 fully saturated rings. The van der Waals surface area contributed by atoms with E-state index in [0.717, 1.165) is 30.4 Å². The van der Waals surface area contributed by atoms with Crippen LogP contribution >= 0.6 is 0 Å². The SMILES string of the molecule is COc1cc(/C=C/CCC/C=C/c2cccc(OC)c2O)ccc1O. The fraction of sp³-hybridized carbons (Fsp3) is 0.238. The molecule has 25 heavy (non-hydrogen) atoms. The van der Waals surface area contributed by atoms with Gasteiger partial charge >= 0.3 is 0 Å². The van der Waals surface area contributed by atoms with Crippen molar-refractivity contribution in [3.63, 3.8) is 0 Å². The summed E-state index contributed by atoms with van der Waals surface area (Å²) in [5.41, 5.74) is 1.75. The number of phenols is 2. The van der Waals surface area contributed by atoms with Crippen LogP contribution in [0.25, 0.3) is 12.2 Å². The molecule has 0 aliphatic carbocycles. The summed E-state index contributed by atoms with van der Waals surface area (Å²) < 4.78 is 10.2. The Labute approximate surface area is 148 Å². The van der Waals surface area contributed by atoms with E-state index in [0.29, 0.717) is 11.5 Å². The Morgan fingerprint density at radius 1 is 0.880 bits per heavy atom. The van der Waals surface area contributed by atoms with Gasteiger partial charge in [0.25, 0.3) is 0 Å². The van der Waals surface area contributed by atoms with Gasteiger partial charge in [0.2, 0.25) is 0 Å². The van der Waals surface area contributed by atoms with Crippen LogP contribution < -0.4 is 9.47 Å². The number of ether oxygens (including phenoxy) is 2. The van der Waals surface area contributed by atoms with Crippen LogP contribution in [-0.4, -0.2) is 24.4 Å². The van der Waals surface area contributed by atoms with Crippen molar-refractivity contribution in [1.29, 1.82) is 0 Å². The van der Waals surface area contributed by atoms with Crippen LogP contribution in [0.15, 0.2) is 48.6 Å². The van der Waals surface area contributed by atoms with Crippen molar-refractivity contribution in [3.8, 4) is 23.0 Å². The van der Waals surface area contributed by atoms with Crippen LogP contribution in [-0.2, 0) is 0 Å². The average Bonchev–Trinajstić information content (AvgIpc) is 2.63. The molecule has 0 bridgehead atoms. The zero-order valence-electron chi connectivity index (χ0n) is 14.6.